The highest BCUT2D eigenvalue weighted by Gasteiger charge is 2.24. The van der Waals surface area contributed by atoms with Gasteiger partial charge in [-0.3, -0.25) is 0 Å². The first-order chi connectivity index (χ1) is 9.57. The van der Waals surface area contributed by atoms with E-state index in [4.69, 9.17) is 9.47 Å². The van der Waals surface area contributed by atoms with Crippen molar-refractivity contribution in [2.24, 2.45) is 0 Å². The molecule has 1 heterocycles. The van der Waals surface area contributed by atoms with E-state index in [2.05, 4.69) is 19.9 Å². The quantitative estimate of drug-likeness (QED) is 0.609. The molecule has 0 saturated carbocycles. The van der Waals surface area contributed by atoms with Gasteiger partial charge in [0.2, 0.25) is 0 Å². The molecule has 20 heavy (non-hydrogen) atoms. The van der Waals surface area contributed by atoms with E-state index in [0.717, 1.165) is 29.5 Å². The smallest absolute Gasteiger partial charge is 0.342 e. The lowest BCUT2D eigenvalue weighted by Gasteiger charge is -2.22. The number of carbonyl (C=O) groups excluding carboxylic acids is 1. The second-order valence-corrected chi connectivity index (χ2v) is 5.10. The monoisotopic (exact) mass is 274 g/mol. The van der Waals surface area contributed by atoms with Crippen LogP contribution in [0.25, 0.3) is 0 Å². The Kier molecular flexibility index (Phi) is 4.48. The van der Waals surface area contributed by atoms with Crippen molar-refractivity contribution in [1.82, 2.24) is 0 Å². The van der Waals surface area contributed by atoms with Gasteiger partial charge >= 0.3 is 5.97 Å². The Balaban J connectivity index is 2.63. The van der Waals surface area contributed by atoms with Crippen molar-refractivity contribution in [3.63, 3.8) is 0 Å². The van der Waals surface area contributed by atoms with Crippen molar-refractivity contribution >= 4 is 5.97 Å². The molecular weight excluding hydrogens is 252 g/mol. The predicted octanol–water partition coefficient (Wildman–Crippen LogP) is 3.67. The average molecular weight is 274 g/mol. The third-order valence-corrected chi connectivity index (χ3v) is 3.98. The van der Waals surface area contributed by atoms with E-state index < -0.39 is 0 Å². The Labute approximate surface area is 120 Å². The van der Waals surface area contributed by atoms with Crippen LogP contribution in [-0.4, -0.2) is 19.2 Å². The van der Waals surface area contributed by atoms with Crippen molar-refractivity contribution in [1.29, 1.82) is 0 Å². The van der Waals surface area contributed by atoms with Crippen molar-refractivity contribution in [3.05, 3.63) is 40.0 Å². The minimum Gasteiger partial charge on any atom is -0.488 e. The molecule has 0 radical (unpaired) electrons. The SMILES string of the molecule is CCOC(=O)c1c(C)c(C)c(C)c2c1OC/C=C\CC2. The molecular formula is C17H22O3. The molecule has 0 fully saturated rings. The number of hydrogen-bond donors (Lipinski definition) is 0. The van der Waals surface area contributed by atoms with Crippen LogP contribution in [-0.2, 0) is 11.2 Å². The largest absolute Gasteiger partial charge is 0.488 e. The summed E-state index contributed by atoms with van der Waals surface area (Å²) >= 11 is 0. The molecule has 1 aliphatic heterocycles. The second-order valence-electron chi connectivity index (χ2n) is 5.10. The van der Waals surface area contributed by atoms with E-state index in [0.29, 0.717) is 24.5 Å². The molecule has 0 aliphatic carbocycles. The second kappa shape index (κ2) is 6.12. The molecule has 0 aromatic heterocycles. The maximum Gasteiger partial charge on any atom is 0.342 e. The molecule has 0 amide bonds. The fourth-order valence-electron chi connectivity index (χ4n) is 2.64. The highest BCUT2D eigenvalue weighted by Crippen LogP contribution is 2.35. The lowest BCUT2D eigenvalue weighted by Crippen LogP contribution is -2.15. The summed E-state index contributed by atoms with van der Waals surface area (Å²) in [4.78, 5) is 12.3. The van der Waals surface area contributed by atoms with Crippen LogP contribution in [0.1, 0.15) is 46.0 Å². The Morgan fingerprint density at radius 1 is 1.20 bits per heavy atom. The van der Waals surface area contributed by atoms with Crippen LogP contribution in [0.15, 0.2) is 12.2 Å². The van der Waals surface area contributed by atoms with Gasteiger partial charge in [0.05, 0.1) is 6.61 Å². The van der Waals surface area contributed by atoms with Crippen LogP contribution in [0.2, 0.25) is 0 Å². The number of esters is 1. The van der Waals surface area contributed by atoms with Gasteiger partial charge in [-0.1, -0.05) is 12.2 Å². The van der Waals surface area contributed by atoms with Gasteiger partial charge in [0.1, 0.15) is 17.9 Å². The molecule has 3 heteroatoms. The molecule has 1 aromatic carbocycles. The number of fused-ring (bicyclic) bond motifs is 1. The zero-order valence-electron chi connectivity index (χ0n) is 12.7. The third kappa shape index (κ3) is 2.58. The van der Waals surface area contributed by atoms with Gasteiger partial charge in [0, 0.05) is 0 Å². The van der Waals surface area contributed by atoms with Crippen LogP contribution in [0, 0.1) is 20.8 Å². The fourth-order valence-corrected chi connectivity index (χ4v) is 2.64. The molecule has 0 saturated heterocycles. The van der Waals surface area contributed by atoms with Gasteiger partial charge in [-0.2, -0.15) is 0 Å². The Bertz CT molecular complexity index is 556. The van der Waals surface area contributed by atoms with Gasteiger partial charge in [0.15, 0.2) is 0 Å². The van der Waals surface area contributed by atoms with E-state index in [9.17, 15) is 4.79 Å². The molecule has 0 unspecified atom stereocenters. The normalized spacial score (nSPS) is 15.6. The average Bonchev–Trinajstić information content (AvgIpc) is 2.39. The number of allylic oxidation sites excluding steroid dienone is 1. The minimum atomic E-state index is -0.283. The van der Waals surface area contributed by atoms with Gasteiger partial charge in [-0.05, 0) is 62.8 Å². The third-order valence-electron chi connectivity index (χ3n) is 3.98. The van der Waals surface area contributed by atoms with E-state index in [1.807, 2.05) is 19.9 Å². The number of carbonyl (C=O) groups is 1. The summed E-state index contributed by atoms with van der Waals surface area (Å²) in [6, 6.07) is 0. The summed E-state index contributed by atoms with van der Waals surface area (Å²) in [5, 5.41) is 0. The Hall–Kier alpha value is -1.77. The van der Waals surface area contributed by atoms with Crippen LogP contribution < -0.4 is 4.74 Å². The Morgan fingerprint density at radius 3 is 2.65 bits per heavy atom. The molecule has 1 aromatic rings. The highest BCUT2D eigenvalue weighted by atomic mass is 16.5. The van der Waals surface area contributed by atoms with Crippen LogP contribution in [0.4, 0.5) is 0 Å². The molecule has 0 N–H and O–H groups in total. The number of benzene rings is 1. The van der Waals surface area contributed by atoms with Crippen molar-refractivity contribution < 1.29 is 14.3 Å². The maximum absolute atomic E-state index is 12.3. The molecule has 3 nitrogen and oxygen atoms in total. The van der Waals surface area contributed by atoms with Crippen molar-refractivity contribution in [2.75, 3.05) is 13.2 Å². The van der Waals surface area contributed by atoms with E-state index >= 15 is 0 Å². The summed E-state index contributed by atoms with van der Waals surface area (Å²) < 4.78 is 11.1. The molecule has 2 rings (SSSR count). The van der Waals surface area contributed by atoms with Crippen molar-refractivity contribution in [3.8, 4) is 5.75 Å². The summed E-state index contributed by atoms with van der Waals surface area (Å²) in [6.45, 7) is 8.82. The zero-order chi connectivity index (χ0) is 14.7. The maximum atomic E-state index is 12.3. The predicted molar refractivity (Wildman–Crippen MR) is 79.6 cm³/mol. The summed E-state index contributed by atoms with van der Waals surface area (Å²) in [5.41, 5.74) is 5.07. The highest BCUT2D eigenvalue weighted by molar-refractivity contribution is 5.95. The van der Waals surface area contributed by atoms with Gasteiger partial charge in [-0.15, -0.1) is 0 Å². The summed E-state index contributed by atoms with van der Waals surface area (Å²) in [5.74, 6) is 0.433. The van der Waals surface area contributed by atoms with E-state index in [-0.39, 0.29) is 5.97 Å². The zero-order valence-corrected chi connectivity index (χ0v) is 12.7. The lowest BCUT2D eigenvalue weighted by atomic mass is 9.90. The number of hydrogen-bond acceptors (Lipinski definition) is 3. The lowest BCUT2D eigenvalue weighted by molar-refractivity contribution is 0.0521. The van der Waals surface area contributed by atoms with E-state index in [1.165, 1.54) is 5.56 Å². The molecule has 0 spiro atoms. The van der Waals surface area contributed by atoms with Crippen LogP contribution >= 0.6 is 0 Å². The van der Waals surface area contributed by atoms with E-state index in [1.54, 1.807) is 0 Å². The van der Waals surface area contributed by atoms with Crippen LogP contribution in [0.3, 0.4) is 0 Å². The topological polar surface area (TPSA) is 35.5 Å². The van der Waals surface area contributed by atoms with Gasteiger partial charge < -0.3 is 9.47 Å². The van der Waals surface area contributed by atoms with Gasteiger partial charge in [0.25, 0.3) is 0 Å². The minimum absolute atomic E-state index is 0.283. The van der Waals surface area contributed by atoms with Crippen LogP contribution in [0.5, 0.6) is 5.75 Å². The van der Waals surface area contributed by atoms with Gasteiger partial charge in [-0.25, -0.2) is 4.79 Å². The first-order valence-corrected chi connectivity index (χ1v) is 7.15. The molecule has 108 valence electrons. The molecule has 0 atom stereocenters. The Morgan fingerprint density at radius 2 is 1.95 bits per heavy atom. The number of ether oxygens (including phenoxy) is 2. The van der Waals surface area contributed by atoms with Crippen molar-refractivity contribution in [2.45, 2.75) is 40.5 Å². The summed E-state index contributed by atoms with van der Waals surface area (Å²) in [7, 11) is 0. The first-order valence-electron chi connectivity index (χ1n) is 7.15. The fraction of sp³-hybridized carbons (Fsp3) is 0.471. The molecule has 0 bridgehead atoms. The number of rotatable bonds is 2. The standard InChI is InChI=1S/C17H22O3/c1-5-19-17(18)15-13(4)11(2)12(3)14-9-7-6-8-10-20-16(14)15/h6,8H,5,7,9-10H2,1-4H3/b8-6-. The molecule has 1 aliphatic rings. The summed E-state index contributed by atoms with van der Waals surface area (Å²) in [6.07, 6.45) is 6.00. The first kappa shape index (κ1) is 14.6.